The van der Waals surface area contributed by atoms with Crippen LogP contribution in [-0.2, 0) is 4.84 Å². The summed E-state index contributed by atoms with van der Waals surface area (Å²) in [6.07, 6.45) is 2.66. The summed E-state index contributed by atoms with van der Waals surface area (Å²) in [6, 6.07) is 0. The maximum Gasteiger partial charge on any atom is 0.0656 e. The highest BCUT2D eigenvalue weighted by Gasteiger charge is 2.15. The van der Waals surface area contributed by atoms with Crippen molar-refractivity contribution < 1.29 is 4.84 Å². The summed E-state index contributed by atoms with van der Waals surface area (Å²) >= 11 is 0. The van der Waals surface area contributed by atoms with Crippen molar-refractivity contribution in [3.05, 3.63) is 0 Å². The van der Waals surface area contributed by atoms with Crippen LogP contribution in [-0.4, -0.2) is 24.8 Å². The molecule has 1 aliphatic rings. The third-order valence-electron chi connectivity index (χ3n) is 1.93. The van der Waals surface area contributed by atoms with Crippen LogP contribution in [0.15, 0.2) is 0 Å². The van der Waals surface area contributed by atoms with Gasteiger partial charge in [-0.05, 0) is 25.7 Å². The van der Waals surface area contributed by atoms with Gasteiger partial charge in [-0.25, -0.2) is 0 Å². The molecule has 0 amide bonds. The molecule has 0 saturated carbocycles. The zero-order chi connectivity index (χ0) is 7.40. The lowest BCUT2D eigenvalue weighted by Gasteiger charge is -2.29. The smallest absolute Gasteiger partial charge is 0.0656 e. The molecule has 0 N–H and O–H groups in total. The van der Waals surface area contributed by atoms with E-state index in [1.165, 1.54) is 12.8 Å². The molecule has 1 atom stereocenters. The van der Waals surface area contributed by atoms with Crippen LogP contribution in [0, 0.1) is 5.92 Å². The zero-order valence-corrected chi connectivity index (χ0v) is 8.19. The minimum Gasteiger partial charge on any atom is -0.299 e. The number of hydrogen-bond donors (Lipinski definition) is 0. The highest BCUT2D eigenvalue weighted by atomic mass is 35.5. The highest BCUT2D eigenvalue weighted by molar-refractivity contribution is 5.85. The predicted molar refractivity (Wildman–Crippen MR) is 48.8 cm³/mol. The van der Waals surface area contributed by atoms with Gasteiger partial charge in [0.05, 0.1) is 6.61 Å². The molecule has 0 radical (unpaired) electrons. The molecular weight excluding hydrogens is 162 g/mol. The lowest BCUT2D eigenvalue weighted by molar-refractivity contribution is -0.172. The molecule has 3 heteroatoms. The van der Waals surface area contributed by atoms with E-state index in [1.807, 2.05) is 6.92 Å². The van der Waals surface area contributed by atoms with Crippen molar-refractivity contribution in [2.75, 3.05) is 19.7 Å². The average Bonchev–Trinajstić information content (AvgIpc) is 1.88. The van der Waals surface area contributed by atoms with E-state index in [0.717, 1.165) is 25.6 Å². The molecule has 1 rings (SSSR count). The standard InChI is InChI=1S/C8H17NO.ClH/c1-3-10-9-6-4-5-8(2)7-9;/h8H,3-7H2,1-2H3;1H. The molecule has 0 bridgehead atoms. The third-order valence-corrected chi connectivity index (χ3v) is 1.93. The second-order valence-corrected chi connectivity index (χ2v) is 3.05. The Morgan fingerprint density at radius 2 is 2.27 bits per heavy atom. The monoisotopic (exact) mass is 179 g/mol. The van der Waals surface area contributed by atoms with Crippen LogP contribution in [0.2, 0.25) is 0 Å². The lowest BCUT2D eigenvalue weighted by atomic mass is 10.0. The molecule has 1 heterocycles. The SMILES string of the molecule is CCON1CCCC(C)C1.Cl. The molecule has 2 nitrogen and oxygen atoms in total. The molecule has 1 saturated heterocycles. The summed E-state index contributed by atoms with van der Waals surface area (Å²) in [5.41, 5.74) is 0. The molecular formula is C8H18ClNO. The van der Waals surface area contributed by atoms with E-state index in [0.29, 0.717) is 0 Å². The Balaban J connectivity index is 0.000001000. The molecule has 1 unspecified atom stereocenters. The number of nitrogens with zero attached hydrogens (tertiary/aromatic N) is 1. The Morgan fingerprint density at radius 3 is 2.82 bits per heavy atom. The number of rotatable bonds is 2. The molecule has 68 valence electrons. The van der Waals surface area contributed by atoms with Crippen molar-refractivity contribution >= 4 is 12.4 Å². The second-order valence-electron chi connectivity index (χ2n) is 3.05. The fourth-order valence-electron chi connectivity index (χ4n) is 1.45. The topological polar surface area (TPSA) is 12.5 Å². The minimum atomic E-state index is 0. The molecule has 0 aromatic rings. The Bertz CT molecular complexity index is 98.1. The first-order valence-electron chi connectivity index (χ1n) is 4.20. The number of halogens is 1. The fraction of sp³-hybridized carbons (Fsp3) is 1.00. The average molecular weight is 180 g/mol. The van der Waals surface area contributed by atoms with Crippen LogP contribution in [0.5, 0.6) is 0 Å². The van der Waals surface area contributed by atoms with Gasteiger partial charge in [-0.1, -0.05) is 6.92 Å². The van der Waals surface area contributed by atoms with Crippen LogP contribution < -0.4 is 0 Å². The van der Waals surface area contributed by atoms with Crippen LogP contribution in [0.1, 0.15) is 26.7 Å². The first-order chi connectivity index (χ1) is 4.83. The van der Waals surface area contributed by atoms with Gasteiger partial charge < -0.3 is 0 Å². The van der Waals surface area contributed by atoms with E-state index in [-0.39, 0.29) is 12.4 Å². The Hall–Kier alpha value is 0.210. The van der Waals surface area contributed by atoms with Crippen LogP contribution in [0.3, 0.4) is 0 Å². The van der Waals surface area contributed by atoms with Crippen molar-refractivity contribution in [2.24, 2.45) is 5.92 Å². The highest BCUT2D eigenvalue weighted by Crippen LogP contribution is 2.14. The summed E-state index contributed by atoms with van der Waals surface area (Å²) in [5, 5.41) is 2.09. The van der Waals surface area contributed by atoms with Gasteiger partial charge in [-0.3, -0.25) is 4.84 Å². The van der Waals surface area contributed by atoms with E-state index >= 15 is 0 Å². The molecule has 0 aromatic heterocycles. The van der Waals surface area contributed by atoms with Crippen molar-refractivity contribution in [1.29, 1.82) is 0 Å². The lowest BCUT2D eigenvalue weighted by Crippen LogP contribution is -2.34. The van der Waals surface area contributed by atoms with Gasteiger partial charge in [-0.2, -0.15) is 5.06 Å². The van der Waals surface area contributed by atoms with Crippen molar-refractivity contribution in [1.82, 2.24) is 5.06 Å². The first-order valence-corrected chi connectivity index (χ1v) is 4.20. The van der Waals surface area contributed by atoms with Crippen LogP contribution in [0.25, 0.3) is 0 Å². The van der Waals surface area contributed by atoms with Crippen molar-refractivity contribution in [3.8, 4) is 0 Å². The van der Waals surface area contributed by atoms with E-state index in [1.54, 1.807) is 0 Å². The molecule has 1 aliphatic heterocycles. The van der Waals surface area contributed by atoms with E-state index < -0.39 is 0 Å². The van der Waals surface area contributed by atoms with Gasteiger partial charge in [-0.15, -0.1) is 12.4 Å². The molecule has 1 fully saturated rings. The number of piperidine rings is 1. The maximum absolute atomic E-state index is 5.39. The maximum atomic E-state index is 5.39. The molecule has 11 heavy (non-hydrogen) atoms. The van der Waals surface area contributed by atoms with Gasteiger partial charge in [0.15, 0.2) is 0 Å². The largest absolute Gasteiger partial charge is 0.299 e. The Labute approximate surface area is 75.3 Å². The van der Waals surface area contributed by atoms with Gasteiger partial charge in [0, 0.05) is 13.1 Å². The van der Waals surface area contributed by atoms with E-state index in [9.17, 15) is 0 Å². The number of hydroxylamine groups is 2. The van der Waals surface area contributed by atoms with E-state index in [2.05, 4.69) is 12.0 Å². The first kappa shape index (κ1) is 11.2. The normalized spacial score (nSPS) is 26.2. The number of hydrogen-bond acceptors (Lipinski definition) is 2. The molecule has 0 spiro atoms. The second kappa shape index (κ2) is 5.81. The van der Waals surface area contributed by atoms with Crippen molar-refractivity contribution in [2.45, 2.75) is 26.7 Å². The third kappa shape index (κ3) is 3.94. The van der Waals surface area contributed by atoms with Gasteiger partial charge in [0.25, 0.3) is 0 Å². The quantitative estimate of drug-likeness (QED) is 0.644. The van der Waals surface area contributed by atoms with Crippen LogP contribution in [0.4, 0.5) is 0 Å². The van der Waals surface area contributed by atoms with Gasteiger partial charge in [0.1, 0.15) is 0 Å². The fourth-order valence-corrected chi connectivity index (χ4v) is 1.45. The summed E-state index contributed by atoms with van der Waals surface area (Å²) in [4.78, 5) is 5.39. The zero-order valence-electron chi connectivity index (χ0n) is 7.38. The molecule has 0 aromatic carbocycles. The minimum absolute atomic E-state index is 0. The predicted octanol–water partition coefficient (Wildman–Crippen LogP) is 2.09. The van der Waals surface area contributed by atoms with Crippen LogP contribution >= 0.6 is 12.4 Å². The summed E-state index contributed by atoms with van der Waals surface area (Å²) in [7, 11) is 0. The summed E-state index contributed by atoms with van der Waals surface area (Å²) < 4.78 is 0. The Morgan fingerprint density at radius 1 is 1.55 bits per heavy atom. The summed E-state index contributed by atoms with van der Waals surface area (Å²) in [5.74, 6) is 0.820. The van der Waals surface area contributed by atoms with E-state index in [4.69, 9.17) is 4.84 Å². The molecule has 0 aliphatic carbocycles. The Kier molecular flexibility index (Phi) is 5.92. The summed E-state index contributed by atoms with van der Waals surface area (Å²) in [6.45, 7) is 7.38. The van der Waals surface area contributed by atoms with Crippen molar-refractivity contribution in [3.63, 3.8) is 0 Å². The van der Waals surface area contributed by atoms with Gasteiger partial charge in [0.2, 0.25) is 0 Å². The van der Waals surface area contributed by atoms with Gasteiger partial charge >= 0.3 is 0 Å².